The van der Waals surface area contributed by atoms with E-state index in [1.165, 1.54) is 0 Å². The second-order valence-electron chi connectivity index (χ2n) is 4.75. The highest BCUT2D eigenvalue weighted by Crippen LogP contribution is 2.19. The van der Waals surface area contributed by atoms with Crippen molar-refractivity contribution < 1.29 is 4.74 Å². The van der Waals surface area contributed by atoms with Gasteiger partial charge in [0.1, 0.15) is 0 Å². The number of nitrogens with zero attached hydrogens (tertiary/aromatic N) is 1. The second kappa shape index (κ2) is 4.40. The van der Waals surface area contributed by atoms with E-state index in [0.29, 0.717) is 6.10 Å². The maximum absolute atomic E-state index is 5.69. The van der Waals surface area contributed by atoms with Crippen molar-refractivity contribution in [3.8, 4) is 0 Å². The first-order valence-corrected chi connectivity index (χ1v) is 5.02. The number of ether oxygens (including phenoxy) is 1. The number of nitrogens with two attached hydrogens (primary N) is 1. The fourth-order valence-electron chi connectivity index (χ4n) is 1.80. The highest BCUT2D eigenvalue weighted by Gasteiger charge is 2.26. The van der Waals surface area contributed by atoms with Gasteiger partial charge in [0, 0.05) is 26.7 Å². The summed E-state index contributed by atoms with van der Waals surface area (Å²) in [5.41, 5.74) is 5.93. The summed E-state index contributed by atoms with van der Waals surface area (Å²) in [7, 11) is 1.79. The number of hydrogen-bond donors (Lipinski definition) is 1. The van der Waals surface area contributed by atoms with E-state index in [9.17, 15) is 0 Å². The summed E-state index contributed by atoms with van der Waals surface area (Å²) >= 11 is 0. The first kappa shape index (κ1) is 11.0. The molecule has 3 nitrogen and oxygen atoms in total. The predicted molar refractivity (Wildman–Crippen MR) is 54.7 cm³/mol. The summed E-state index contributed by atoms with van der Waals surface area (Å²) in [6.45, 7) is 8.49. The van der Waals surface area contributed by atoms with Crippen molar-refractivity contribution >= 4 is 0 Å². The van der Waals surface area contributed by atoms with Gasteiger partial charge in [0.05, 0.1) is 6.10 Å². The van der Waals surface area contributed by atoms with Gasteiger partial charge < -0.3 is 15.4 Å². The lowest BCUT2D eigenvalue weighted by Gasteiger charge is -2.28. The minimum Gasteiger partial charge on any atom is -0.380 e. The number of likely N-dealkylation sites (tertiary alicyclic amines) is 1. The summed E-state index contributed by atoms with van der Waals surface area (Å²) in [5, 5.41) is 0. The lowest BCUT2D eigenvalue weighted by Crippen LogP contribution is -2.38. The quantitative estimate of drug-likeness (QED) is 0.702. The summed E-state index contributed by atoms with van der Waals surface area (Å²) in [6.07, 6.45) is 1.60. The minimum absolute atomic E-state index is 0.239. The Morgan fingerprint density at radius 2 is 2.23 bits per heavy atom. The van der Waals surface area contributed by atoms with Crippen LogP contribution in [-0.2, 0) is 4.74 Å². The molecule has 13 heavy (non-hydrogen) atoms. The van der Waals surface area contributed by atoms with E-state index in [4.69, 9.17) is 10.5 Å². The molecular weight excluding hydrogens is 164 g/mol. The molecule has 0 aliphatic carbocycles. The van der Waals surface area contributed by atoms with Gasteiger partial charge in [-0.15, -0.1) is 0 Å². The molecule has 1 aliphatic rings. The molecule has 1 fully saturated rings. The normalized spacial score (nSPS) is 25.4. The van der Waals surface area contributed by atoms with E-state index in [0.717, 1.165) is 32.6 Å². The van der Waals surface area contributed by atoms with Gasteiger partial charge in [-0.25, -0.2) is 0 Å². The Labute approximate surface area is 81.2 Å². The van der Waals surface area contributed by atoms with Crippen molar-refractivity contribution in [1.29, 1.82) is 0 Å². The number of hydrogen-bond acceptors (Lipinski definition) is 3. The molecule has 0 spiro atoms. The number of methoxy groups -OCH3 is 1. The Balaban J connectivity index is 2.31. The Bertz CT molecular complexity index is 159. The van der Waals surface area contributed by atoms with E-state index in [-0.39, 0.29) is 5.41 Å². The molecule has 1 rings (SSSR count). The third-order valence-corrected chi connectivity index (χ3v) is 2.77. The van der Waals surface area contributed by atoms with Crippen LogP contribution < -0.4 is 5.73 Å². The average molecular weight is 186 g/mol. The molecule has 1 atom stereocenters. The van der Waals surface area contributed by atoms with Gasteiger partial charge >= 0.3 is 0 Å². The monoisotopic (exact) mass is 186 g/mol. The third-order valence-electron chi connectivity index (χ3n) is 2.77. The molecule has 78 valence electrons. The second-order valence-corrected chi connectivity index (χ2v) is 4.75. The summed E-state index contributed by atoms with van der Waals surface area (Å²) in [6, 6.07) is 0. The SMILES string of the molecule is COC1CCN(CC(C)(C)CN)C1. The van der Waals surface area contributed by atoms with Crippen LogP contribution in [0.3, 0.4) is 0 Å². The zero-order chi connectivity index (χ0) is 9.90. The zero-order valence-electron chi connectivity index (χ0n) is 9.05. The van der Waals surface area contributed by atoms with E-state index in [1.807, 2.05) is 0 Å². The molecule has 0 saturated carbocycles. The predicted octanol–water partition coefficient (Wildman–Crippen LogP) is 0.692. The third kappa shape index (κ3) is 3.25. The molecule has 3 heteroatoms. The molecule has 0 aromatic carbocycles. The Morgan fingerprint density at radius 3 is 2.69 bits per heavy atom. The molecule has 2 N–H and O–H groups in total. The Kier molecular flexibility index (Phi) is 3.71. The summed E-state index contributed by atoms with van der Waals surface area (Å²) < 4.78 is 5.32. The molecule has 1 saturated heterocycles. The fraction of sp³-hybridized carbons (Fsp3) is 1.00. The molecule has 1 aliphatic heterocycles. The van der Waals surface area contributed by atoms with E-state index in [1.54, 1.807) is 7.11 Å². The van der Waals surface area contributed by atoms with Gasteiger partial charge in [-0.1, -0.05) is 13.8 Å². The van der Waals surface area contributed by atoms with Crippen LogP contribution >= 0.6 is 0 Å². The lowest BCUT2D eigenvalue weighted by molar-refractivity contribution is 0.102. The van der Waals surface area contributed by atoms with Gasteiger partial charge in [-0.05, 0) is 18.4 Å². The molecule has 1 unspecified atom stereocenters. The van der Waals surface area contributed by atoms with Crippen LogP contribution in [0.2, 0.25) is 0 Å². The van der Waals surface area contributed by atoms with Crippen molar-refractivity contribution in [2.45, 2.75) is 26.4 Å². The minimum atomic E-state index is 0.239. The first-order chi connectivity index (χ1) is 6.07. The van der Waals surface area contributed by atoms with Crippen LogP contribution in [0.1, 0.15) is 20.3 Å². The van der Waals surface area contributed by atoms with Crippen LogP contribution in [0.25, 0.3) is 0 Å². The van der Waals surface area contributed by atoms with Gasteiger partial charge in [-0.2, -0.15) is 0 Å². The highest BCUT2D eigenvalue weighted by atomic mass is 16.5. The maximum atomic E-state index is 5.69. The van der Waals surface area contributed by atoms with Crippen molar-refractivity contribution in [1.82, 2.24) is 4.90 Å². The van der Waals surface area contributed by atoms with Crippen LogP contribution in [0.4, 0.5) is 0 Å². The van der Waals surface area contributed by atoms with E-state index in [2.05, 4.69) is 18.7 Å². The summed E-state index contributed by atoms with van der Waals surface area (Å²) in [4.78, 5) is 2.45. The fourth-order valence-corrected chi connectivity index (χ4v) is 1.80. The highest BCUT2D eigenvalue weighted by molar-refractivity contribution is 4.81. The van der Waals surface area contributed by atoms with Gasteiger partial charge in [0.15, 0.2) is 0 Å². The topological polar surface area (TPSA) is 38.5 Å². The van der Waals surface area contributed by atoms with Crippen LogP contribution in [0, 0.1) is 5.41 Å². The van der Waals surface area contributed by atoms with Gasteiger partial charge in [0.25, 0.3) is 0 Å². The van der Waals surface area contributed by atoms with Crippen molar-refractivity contribution in [3.05, 3.63) is 0 Å². The standard InChI is InChI=1S/C10H22N2O/c1-10(2,7-11)8-12-5-4-9(6-12)13-3/h9H,4-8,11H2,1-3H3. The van der Waals surface area contributed by atoms with Crippen molar-refractivity contribution in [2.24, 2.45) is 11.1 Å². The summed E-state index contributed by atoms with van der Waals surface area (Å²) in [5.74, 6) is 0. The van der Waals surface area contributed by atoms with Crippen LogP contribution in [0.5, 0.6) is 0 Å². The van der Waals surface area contributed by atoms with Crippen molar-refractivity contribution in [2.75, 3.05) is 33.3 Å². The first-order valence-electron chi connectivity index (χ1n) is 5.02. The molecule has 0 amide bonds. The van der Waals surface area contributed by atoms with Crippen molar-refractivity contribution in [3.63, 3.8) is 0 Å². The smallest absolute Gasteiger partial charge is 0.0710 e. The van der Waals surface area contributed by atoms with Crippen LogP contribution in [0.15, 0.2) is 0 Å². The lowest BCUT2D eigenvalue weighted by atomic mass is 9.93. The molecular formula is C10H22N2O. The molecule has 0 bridgehead atoms. The van der Waals surface area contributed by atoms with Crippen LogP contribution in [-0.4, -0.2) is 44.3 Å². The van der Waals surface area contributed by atoms with E-state index < -0.39 is 0 Å². The molecule has 1 heterocycles. The zero-order valence-corrected chi connectivity index (χ0v) is 9.05. The Hall–Kier alpha value is -0.120. The maximum Gasteiger partial charge on any atom is 0.0710 e. The molecule has 0 aromatic rings. The van der Waals surface area contributed by atoms with Gasteiger partial charge in [-0.3, -0.25) is 0 Å². The molecule has 0 radical (unpaired) electrons. The Morgan fingerprint density at radius 1 is 1.54 bits per heavy atom. The van der Waals surface area contributed by atoms with E-state index >= 15 is 0 Å². The molecule has 0 aromatic heterocycles. The average Bonchev–Trinajstić information content (AvgIpc) is 2.52. The van der Waals surface area contributed by atoms with Gasteiger partial charge in [0.2, 0.25) is 0 Å². The number of rotatable bonds is 4. The largest absolute Gasteiger partial charge is 0.380 e.